The Hall–Kier alpha value is -2.66. The van der Waals surface area contributed by atoms with E-state index in [2.05, 4.69) is 5.10 Å². The molecule has 134 valence electrons. The summed E-state index contributed by atoms with van der Waals surface area (Å²) in [5.41, 5.74) is 3.79. The number of nitrogens with zero attached hydrogens (tertiary/aromatic N) is 2. The molecule has 0 bridgehead atoms. The van der Waals surface area contributed by atoms with Crippen molar-refractivity contribution in [1.29, 1.82) is 0 Å². The fraction of sp³-hybridized carbons (Fsp3) is 0.286. The molecule has 0 N–H and O–H groups in total. The lowest BCUT2D eigenvalue weighted by atomic mass is 10.0. The highest BCUT2D eigenvalue weighted by Gasteiger charge is 2.16. The Bertz CT molecular complexity index is 901. The average molecular weight is 352 g/mol. The van der Waals surface area contributed by atoms with Crippen molar-refractivity contribution in [3.8, 4) is 28.1 Å². The molecule has 1 saturated heterocycles. The third-order valence-electron chi connectivity index (χ3n) is 4.69. The first-order chi connectivity index (χ1) is 12.7. The van der Waals surface area contributed by atoms with Crippen LogP contribution >= 0.6 is 0 Å². The minimum Gasteiger partial charge on any atom is -0.493 e. The topological polar surface area (TPSA) is 36.3 Å². The Morgan fingerprint density at radius 3 is 2.81 bits per heavy atom. The zero-order valence-corrected chi connectivity index (χ0v) is 14.7. The molecule has 0 amide bonds. The fourth-order valence-corrected chi connectivity index (χ4v) is 3.26. The van der Waals surface area contributed by atoms with E-state index in [4.69, 9.17) is 9.47 Å². The molecule has 1 atom stereocenters. The first-order valence-corrected chi connectivity index (χ1v) is 8.79. The van der Waals surface area contributed by atoms with Crippen LogP contribution < -0.4 is 4.74 Å². The number of aromatic nitrogens is 2. The normalized spacial score (nSPS) is 16.8. The maximum Gasteiger partial charge on any atom is 0.127 e. The first-order valence-electron chi connectivity index (χ1n) is 8.79. The molecule has 1 unspecified atom stereocenters. The minimum absolute atomic E-state index is 0.300. The summed E-state index contributed by atoms with van der Waals surface area (Å²) >= 11 is 0. The number of benzene rings is 2. The van der Waals surface area contributed by atoms with Gasteiger partial charge in [0.25, 0.3) is 0 Å². The van der Waals surface area contributed by atoms with E-state index in [1.807, 2.05) is 48.1 Å². The largest absolute Gasteiger partial charge is 0.493 e. The summed E-state index contributed by atoms with van der Waals surface area (Å²) in [4.78, 5) is 0. The average Bonchev–Trinajstić information content (AvgIpc) is 3.31. The second kappa shape index (κ2) is 7.30. The van der Waals surface area contributed by atoms with Crippen LogP contribution in [0.25, 0.3) is 22.4 Å². The number of ether oxygens (including phenoxy) is 2. The van der Waals surface area contributed by atoms with Gasteiger partial charge < -0.3 is 9.47 Å². The quantitative estimate of drug-likeness (QED) is 0.687. The second-order valence-electron chi connectivity index (χ2n) is 6.64. The van der Waals surface area contributed by atoms with Crippen molar-refractivity contribution < 1.29 is 13.9 Å². The van der Waals surface area contributed by atoms with Gasteiger partial charge in [0, 0.05) is 37.4 Å². The lowest BCUT2D eigenvalue weighted by Crippen LogP contribution is -2.11. The van der Waals surface area contributed by atoms with Crippen LogP contribution in [0.3, 0.4) is 0 Å². The monoisotopic (exact) mass is 352 g/mol. The summed E-state index contributed by atoms with van der Waals surface area (Å²) in [6.45, 7) is 2.05. The zero-order chi connectivity index (χ0) is 17.9. The molecule has 2 heterocycles. The van der Waals surface area contributed by atoms with Gasteiger partial charge in [-0.15, -0.1) is 0 Å². The molecule has 0 aliphatic carbocycles. The fourth-order valence-electron chi connectivity index (χ4n) is 3.26. The molecule has 1 aliphatic rings. The number of halogens is 1. The molecule has 1 aliphatic heterocycles. The van der Waals surface area contributed by atoms with E-state index < -0.39 is 0 Å². The number of aryl methyl sites for hydroxylation is 1. The maximum atomic E-state index is 14.1. The minimum atomic E-state index is -0.300. The van der Waals surface area contributed by atoms with Crippen molar-refractivity contribution in [2.45, 2.75) is 6.42 Å². The van der Waals surface area contributed by atoms with Gasteiger partial charge in [-0.2, -0.15) is 5.10 Å². The molecule has 1 aromatic heterocycles. The summed E-state index contributed by atoms with van der Waals surface area (Å²) < 4.78 is 27.1. The molecule has 3 aromatic rings. The third kappa shape index (κ3) is 3.63. The van der Waals surface area contributed by atoms with Gasteiger partial charge in [0.15, 0.2) is 0 Å². The number of rotatable bonds is 5. The zero-order valence-electron chi connectivity index (χ0n) is 14.7. The summed E-state index contributed by atoms with van der Waals surface area (Å²) in [7, 11) is 1.91. The summed E-state index contributed by atoms with van der Waals surface area (Å²) in [5.74, 6) is 0.638. The highest BCUT2D eigenvalue weighted by Crippen LogP contribution is 2.29. The van der Waals surface area contributed by atoms with E-state index in [1.54, 1.807) is 6.20 Å². The van der Waals surface area contributed by atoms with Crippen LogP contribution in [0.15, 0.2) is 54.7 Å². The Morgan fingerprint density at radius 1 is 1.15 bits per heavy atom. The van der Waals surface area contributed by atoms with Crippen molar-refractivity contribution in [2.75, 3.05) is 19.8 Å². The van der Waals surface area contributed by atoms with Crippen molar-refractivity contribution in [1.82, 2.24) is 9.78 Å². The number of hydrogen-bond acceptors (Lipinski definition) is 3. The van der Waals surface area contributed by atoms with Gasteiger partial charge in [-0.1, -0.05) is 18.2 Å². The van der Waals surface area contributed by atoms with Gasteiger partial charge in [-0.05, 0) is 41.8 Å². The van der Waals surface area contributed by atoms with E-state index >= 15 is 0 Å². The SMILES string of the molecule is Cn1nccc1-c1cccc(-c2cc(F)cc(OCC3CCOC3)c2)c1. The Morgan fingerprint density at radius 2 is 2.04 bits per heavy atom. The molecule has 4 nitrogen and oxygen atoms in total. The highest BCUT2D eigenvalue weighted by atomic mass is 19.1. The molecule has 5 heteroatoms. The van der Waals surface area contributed by atoms with Crippen LogP contribution in [0, 0.1) is 11.7 Å². The summed E-state index contributed by atoms with van der Waals surface area (Å²) in [5, 5.41) is 4.21. The van der Waals surface area contributed by atoms with E-state index in [-0.39, 0.29) is 5.82 Å². The Kier molecular flexibility index (Phi) is 4.71. The smallest absolute Gasteiger partial charge is 0.127 e. The predicted octanol–water partition coefficient (Wildman–Crippen LogP) is 4.31. The molecular weight excluding hydrogens is 331 g/mol. The molecule has 0 saturated carbocycles. The van der Waals surface area contributed by atoms with Crippen LogP contribution in [0.4, 0.5) is 4.39 Å². The third-order valence-corrected chi connectivity index (χ3v) is 4.69. The Balaban J connectivity index is 1.60. The van der Waals surface area contributed by atoms with Crippen molar-refractivity contribution >= 4 is 0 Å². The second-order valence-corrected chi connectivity index (χ2v) is 6.64. The van der Waals surface area contributed by atoms with Gasteiger partial charge in [0.1, 0.15) is 11.6 Å². The van der Waals surface area contributed by atoms with E-state index in [9.17, 15) is 4.39 Å². The van der Waals surface area contributed by atoms with Gasteiger partial charge in [-0.25, -0.2) is 4.39 Å². The molecule has 0 spiro atoms. The summed E-state index contributed by atoms with van der Waals surface area (Å²) in [6, 6.07) is 14.8. The Labute approximate surface area is 152 Å². The van der Waals surface area contributed by atoms with Gasteiger partial charge in [-0.3, -0.25) is 4.68 Å². The van der Waals surface area contributed by atoms with Crippen molar-refractivity contribution in [3.63, 3.8) is 0 Å². The van der Waals surface area contributed by atoms with Crippen LogP contribution in [0.2, 0.25) is 0 Å². The molecule has 1 fully saturated rings. The van der Waals surface area contributed by atoms with Crippen molar-refractivity contribution in [3.05, 3.63) is 60.5 Å². The van der Waals surface area contributed by atoms with Gasteiger partial charge in [0.2, 0.25) is 0 Å². The van der Waals surface area contributed by atoms with Crippen LogP contribution in [-0.4, -0.2) is 29.6 Å². The summed E-state index contributed by atoms with van der Waals surface area (Å²) in [6.07, 6.45) is 2.76. The van der Waals surface area contributed by atoms with Gasteiger partial charge >= 0.3 is 0 Å². The maximum absolute atomic E-state index is 14.1. The van der Waals surface area contributed by atoms with E-state index in [0.717, 1.165) is 42.0 Å². The van der Waals surface area contributed by atoms with E-state index in [1.165, 1.54) is 12.1 Å². The molecule has 26 heavy (non-hydrogen) atoms. The van der Waals surface area contributed by atoms with Crippen molar-refractivity contribution in [2.24, 2.45) is 13.0 Å². The van der Waals surface area contributed by atoms with Crippen LogP contribution in [-0.2, 0) is 11.8 Å². The molecular formula is C21H21FN2O2. The first kappa shape index (κ1) is 16.8. The van der Waals surface area contributed by atoms with Gasteiger partial charge in [0.05, 0.1) is 18.9 Å². The van der Waals surface area contributed by atoms with Crippen LogP contribution in [0.5, 0.6) is 5.75 Å². The number of hydrogen-bond donors (Lipinski definition) is 0. The lowest BCUT2D eigenvalue weighted by Gasteiger charge is -2.12. The lowest BCUT2D eigenvalue weighted by molar-refractivity contribution is 0.167. The van der Waals surface area contributed by atoms with E-state index in [0.29, 0.717) is 18.3 Å². The molecule has 2 aromatic carbocycles. The predicted molar refractivity (Wildman–Crippen MR) is 98.5 cm³/mol. The molecule has 4 rings (SSSR count). The standard InChI is InChI=1S/C21H21FN2O2/c1-24-21(5-7-23-24)17-4-2-3-16(9-17)18-10-19(22)12-20(11-18)26-14-15-6-8-25-13-15/h2-5,7,9-12,15H,6,8,13-14H2,1H3. The highest BCUT2D eigenvalue weighted by molar-refractivity contribution is 5.72. The van der Waals surface area contributed by atoms with Crippen LogP contribution in [0.1, 0.15) is 6.42 Å². The molecule has 0 radical (unpaired) electrons.